The summed E-state index contributed by atoms with van der Waals surface area (Å²) < 4.78 is 13.8. The number of hydrogen-bond acceptors (Lipinski definition) is 3. The van der Waals surface area contributed by atoms with Crippen molar-refractivity contribution in [1.82, 2.24) is 14.8 Å². The molecule has 0 aliphatic carbocycles. The predicted molar refractivity (Wildman–Crippen MR) is 97.9 cm³/mol. The van der Waals surface area contributed by atoms with Gasteiger partial charge in [-0.3, -0.25) is 14.7 Å². The van der Waals surface area contributed by atoms with E-state index in [2.05, 4.69) is 9.88 Å². The van der Waals surface area contributed by atoms with Gasteiger partial charge in [0.15, 0.2) is 0 Å². The molecule has 0 radical (unpaired) electrons. The molecule has 2 fully saturated rings. The van der Waals surface area contributed by atoms with Crippen LogP contribution in [0.3, 0.4) is 0 Å². The summed E-state index contributed by atoms with van der Waals surface area (Å²) in [6.07, 6.45) is 5.92. The Morgan fingerprint density at radius 2 is 2.00 bits per heavy atom. The van der Waals surface area contributed by atoms with Crippen LogP contribution in [0.4, 0.5) is 4.39 Å². The summed E-state index contributed by atoms with van der Waals surface area (Å²) >= 11 is 0. The van der Waals surface area contributed by atoms with Crippen LogP contribution in [0.1, 0.15) is 24.0 Å². The summed E-state index contributed by atoms with van der Waals surface area (Å²) in [4.78, 5) is 20.9. The monoisotopic (exact) mass is 353 g/mol. The molecule has 0 unspecified atom stereocenters. The lowest BCUT2D eigenvalue weighted by atomic mass is 9.79. The average molecular weight is 353 g/mol. The third kappa shape index (κ3) is 3.63. The second kappa shape index (κ2) is 7.16. The lowest BCUT2D eigenvalue weighted by molar-refractivity contribution is -0.131. The molecule has 3 heterocycles. The molecule has 2 aromatic rings. The molecule has 0 bridgehead atoms. The Morgan fingerprint density at radius 3 is 2.77 bits per heavy atom. The average Bonchev–Trinajstić information content (AvgIpc) is 3.08. The molecule has 0 saturated carbocycles. The Balaban J connectivity index is 1.25. The van der Waals surface area contributed by atoms with Crippen molar-refractivity contribution in [3.8, 4) is 0 Å². The fraction of sp³-hybridized carbons (Fsp3) is 0.429. The first-order valence-electron chi connectivity index (χ1n) is 9.26. The highest BCUT2D eigenvalue weighted by Crippen LogP contribution is 2.40. The Hall–Kier alpha value is -2.27. The molecular formula is C21H24FN3O. The zero-order chi connectivity index (χ0) is 18.0. The van der Waals surface area contributed by atoms with Gasteiger partial charge in [0, 0.05) is 62.5 Å². The van der Waals surface area contributed by atoms with Crippen molar-refractivity contribution in [2.24, 2.45) is 5.41 Å². The van der Waals surface area contributed by atoms with Crippen LogP contribution in [0.15, 0.2) is 48.8 Å². The van der Waals surface area contributed by atoms with E-state index in [0.29, 0.717) is 13.0 Å². The first-order chi connectivity index (χ1) is 12.6. The summed E-state index contributed by atoms with van der Waals surface area (Å²) in [5, 5.41) is 0. The van der Waals surface area contributed by atoms with E-state index >= 15 is 0 Å². The molecule has 136 valence electrons. The van der Waals surface area contributed by atoms with Crippen LogP contribution in [-0.4, -0.2) is 46.9 Å². The molecular weight excluding hydrogens is 329 g/mol. The molecule has 26 heavy (non-hydrogen) atoms. The van der Waals surface area contributed by atoms with Crippen molar-refractivity contribution in [3.05, 3.63) is 65.7 Å². The van der Waals surface area contributed by atoms with Gasteiger partial charge in [0.25, 0.3) is 0 Å². The molecule has 1 aromatic carbocycles. The van der Waals surface area contributed by atoms with E-state index in [1.807, 2.05) is 35.4 Å². The number of hydrogen-bond donors (Lipinski definition) is 0. The number of pyridine rings is 1. The van der Waals surface area contributed by atoms with Crippen molar-refractivity contribution in [3.63, 3.8) is 0 Å². The molecule has 1 spiro atoms. The SMILES string of the molecule is O=C(CCc1cccnc1)N1CCC2(CN(Cc3ccccc3F)C2)C1. The molecule has 5 heteroatoms. The van der Waals surface area contributed by atoms with Crippen LogP contribution in [0.25, 0.3) is 0 Å². The second-order valence-corrected chi connectivity index (χ2v) is 7.66. The quantitative estimate of drug-likeness (QED) is 0.829. The molecule has 4 rings (SSSR count). The third-order valence-electron chi connectivity index (χ3n) is 5.61. The Morgan fingerprint density at radius 1 is 1.15 bits per heavy atom. The van der Waals surface area contributed by atoms with Gasteiger partial charge in [-0.1, -0.05) is 24.3 Å². The van der Waals surface area contributed by atoms with Gasteiger partial charge in [-0.15, -0.1) is 0 Å². The molecule has 1 aromatic heterocycles. The lowest BCUT2D eigenvalue weighted by Crippen LogP contribution is -2.57. The van der Waals surface area contributed by atoms with Gasteiger partial charge in [0.2, 0.25) is 5.91 Å². The number of rotatable bonds is 5. The summed E-state index contributed by atoms with van der Waals surface area (Å²) in [5.74, 6) is 0.102. The third-order valence-corrected chi connectivity index (χ3v) is 5.61. The maximum atomic E-state index is 13.8. The van der Waals surface area contributed by atoms with Gasteiger partial charge in [-0.2, -0.15) is 0 Å². The summed E-state index contributed by atoms with van der Waals surface area (Å²) in [7, 11) is 0. The first kappa shape index (κ1) is 17.2. The summed E-state index contributed by atoms with van der Waals surface area (Å²) in [6.45, 7) is 4.25. The van der Waals surface area contributed by atoms with Crippen molar-refractivity contribution >= 4 is 5.91 Å². The maximum absolute atomic E-state index is 13.8. The number of amides is 1. The molecule has 4 nitrogen and oxygen atoms in total. The standard InChI is InChI=1S/C21H24FN3O/c22-19-6-2-1-5-18(19)13-24-14-21(15-24)9-11-25(16-21)20(26)8-7-17-4-3-10-23-12-17/h1-6,10,12H,7-9,11,13-16H2. The van der Waals surface area contributed by atoms with Crippen molar-refractivity contribution in [2.45, 2.75) is 25.8 Å². The van der Waals surface area contributed by atoms with Crippen LogP contribution >= 0.6 is 0 Å². The Labute approximate surface area is 153 Å². The number of likely N-dealkylation sites (tertiary alicyclic amines) is 2. The van der Waals surface area contributed by atoms with Crippen LogP contribution < -0.4 is 0 Å². The number of carbonyl (C=O) groups excluding carboxylic acids is 1. The molecule has 2 aliphatic heterocycles. The number of benzene rings is 1. The Kier molecular flexibility index (Phi) is 4.72. The topological polar surface area (TPSA) is 36.4 Å². The summed E-state index contributed by atoms with van der Waals surface area (Å²) in [6, 6.07) is 10.9. The molecule has 0 N–H and O–H groups in total. The fourth-order valence-corrected chi connectivity index (χ4v) is 4.24. The highest BCUT2D eigenvalue weighted by Gasteiger charge is 2.48. The van der Waals surface area contributed by atoms with Gasteiger partial charge < -0.3 is 4.90 Å². The highest BCUT2D eigenvalue weighted by atomic mass is 19.1. The van der Waals surface area contributed by atoms with Gasteiger partial charge in [0.1, 0.15) is 5.82 Å². The van der Waals surface area contributed by atoms with Crippen molar-refractivity contribution in [2.75, 3.05) is 26.2 Å². The number of aryl methyl sites for hydroxylation is 1. The summed E-state index contributed by atoms with van der Waals surface area (Å²) in [5.41, 5.74) is 2.08. The van der Waals surface area contributed by atoms with E-state index in [0.717, 1.165) is 50.1 Å². The predicted octanol–water partition coefficient (Wildman–Crippen LogP) is 2.89. The Bertz CT molecular complexity index is 774. The van der Waals surface area contributed by atoms with E-state index in [-0.39, 0.29) is 17.1 Å². The molecule has 2 saturated heterocycles. The minimum atomic E-state index is -0.132. The van der Waals surface area contributed by atoms with Crippen molar-refractivity contribution in [1.29, 1.82) is 0 Å². The van der Waals surface area contributed by atoms with Crippen LogP contribution in [-0.2, 0) is 17.8 Å². The number of nitrogens with zero attached hydrogens (tertiary/aromatic N) is 3. The van der Waals surface area contributed by atoms with Crippen LogP contribution in [0.2, 0.25) is 0 Å². The van der Waals surface area contributed by atoms with Crippen molar-refractivity contribution < 1.29 is 9.18 Å². The van der Waals surface area contributed by atoms with E-state index in [1.165, 1.54) is 6.07 Å². The smallest absolute Gasteiger partial charge is 0.222 e. The second-order valence-electron chi connectivity index (χ2n) is 7.66. The van der Waals surface area contributed by atoms with Crippen LogP contribution in [0, 0.1) is 11.2 Å². The largest absolute Gasteiger partial charge is 0.342 e. The number of aromatic nitrogens is 1. The van der Waals surface area contributed by atoms with Gasteiger partial charge in [0.05, 0.1) is 0 Å². The van der Waals surface area contributed by atoms with Crippen LogP contribution in [0.5, 0.6) is 0 Å². The van der Waals surface area contributed by atoms with E-state index < -0.39 is 0 Å². The van der Waals surface area contributed by atoms with E-state index in [1.54, 1.807) is 12.3 Å². The zero-order valence-electron chi connectivity index (χ0n) is 14.9. The van der Waals surface area contributed by atoms with Gasteiger partial charge in [-0.25, -0.2) is 4.39 Å². The minimum absolute atomic E-state index is 0.132. The maximum Gasteiger partial charge on any atom is 0.222 e. The zero-order valence-corrected chi connectivity index (χ0v) is 14.9. The number of carbonyl (C=O) groups is 1. The van der Waals surface area contributed by atoms with Gasteiger partial charge in [-0.05, 0) is 30.5 Å². The van der Waals surface area contributed by atoms with E-state index in [4.69, 9.17) is 0 Å². The van der Waals surface area contributed by atoms with E-state index in [9.17, 15) is 9.18 Å². The number of halogens is 1. The highest BCUT2D eigenvalue weighted by molar-refractivity contribution is 5.76. The molecule has 2 aliphatic rings. The first-order valence-corrected chi connectivity index (χ1v) is 9.26. The lowest BCUT2D eigenvalue weighted by Gasteiger charge is -2.48. The fourth-order valence-electron chi connectivity index (χ4n) is 4.24. The molecule has 0 atom stereocenters. The normalized spacial score (nSPS) is 18.9. The van der Waals surface area contributed by atoms with Gasteiger partial charge >= 0.3 is 0 Å². The molecule has 1 amide bonds. The minimum Gasteiger partial charge on any atom is -0.342 e.